The zero-order valence-electron chi connectivity index (χ0n) is 13.4. The van der Waals surface area contributed by atoms with Crippen LogP contribution in [0.2, 0.25) is 0 Å². The second-order valence-corrected chi connectivity index (χ2v) is 5.61. The number of fused-ring (bicyclic) bond motifs is 1. The first-order chi connectivity index (χ1) is 11.2. The molecule has 0 fully saturated rings. The summed E-state index contributed by atoms with van der Waals surface area (Å²) in [5.74, 6) is 1.87. The molecule has 0 saturated heterocycles. The highest BCUT2D eigenvalue weighted by molar-refractivity contribution is 5.44. The van der Waals surface area contributed by atoms with E-state index < -0.39 is 0 Å². The van der Waals surface area contributed by atoms with Crippen LogP contribution in [0.3, 0.4) is 0 Å². The Morgan fingerprint density at radius 3 is 2.48 bits per heavy atom. The van der Waals surface area contributed by atoms with Crippen LogP contribution in [0.4, 0.5) is 5.82 Å². The minimum Gasteiger partial charge on any atom is -0.508 e. The fraction of sp³-hybridized carbons (Fsp3) is 0.353. The molecule has 6 nitrogen and oxygen atoms in total. The smallest absolute Gasteiger partial charge is 0.178 e. The molecule has 2 heterocycles. The third-order valence-electron chi connectivity index (χ3n) is 3.96. The van der Waals surface area contributed by atoms with E-state index in [4.69, 9.17) is 0 Å². The van der Waals surface area contributed by atoms with Crippen molar-refractivity contribution in [2.24, 2.45) is 0 Å². The van der Waals surface area contributed by atoms with Crippen LogP contribution in [-0.2, 0) is 6.42 Å². The van der Waals surface area contributed by atoms with Crippen LogP contribution < -0.4 is 5.32 Å². The molecule has 0 unspecified atom stereocenters. The van der Waals surface area contributed by atoms with Crippen molar-refractivity contribution in [3.05, 3.63) is 47.8 Å². The maximum absolute atomic E-state index is 9.37. The first kappa shape index (κ1) is 15.3. The van der Waals surface area contributed by atoms with Crippen molar-refractivity contribution in [2.45, 2.75) is 39.2 Å². The molecule has 0 amide bonds. The SMILES string of the molecule is CCC(CC)Nc1ccc2nnc(Cc3ccc(O)cc3)n2n1. The van der Waals surface area contributed by atoms with Crippen LogP contribution in [0.5, 0.6) is 5.75 Å². The Morgan fingerprint density at radius 2 is 1.78 bits per heavy atom. The summed E-state index contributed by atoms with van der Waals surface area (Å²) in [6, 6.07) is 11.4. The van der Waals surface area contributed by atoms with Crippen molar-refractivity contribution in [3.8, 4) is 5.75 Å². The van der Waals surface area contributed by atoms with E-state index >= 15 is 0 Å². The number of hydrogen-bond donors (Lipinski definition) is 2. The number of phenols is 1. The highest BCUT2D eigenvalue weighted by atomic mass is 16.3. The monoisotopic (exact) mass is 311 g/mol. The number of nitrogens with zero attached hydrogens (tertiary/aromatic N) is 4. The molecular formula is C17H21N5O. The van der Waals surface area contributed by atoms with Gasteiger partial charge in [-0.1, -0.05) is 26.0 Å². The number of phenolic OH excluding ortho intramolecular Hbond substituents is 1. The summed E-state index contributed by atoms with van der Waals surface area (Å²) in [6.45, 7) is 4.32. The fourth-order valence-corrected chi connectivity index (χ4v) is 2.52. The number of rotatable bonds is 6. The fourth-order valence-electron chi connectivity index (χ4n) is 2.52. The summed E-state index contributed by atoms with van der Waals surface area (Å²) >= 11 is 0. The summed E-state index contributed by atoms with van der Waals surface area (Å²) < 4.78 is 1.78. The van der Waals surface area contributed by atoms with Crippen LogP contribution >= 0.6 is 0 Å². The highest BCUT2D eigenvalue weighted by Crippen LogP contribution is 2.15. The second-order valence-electron chi connectivity index (χ2n) is 5.61. The van der Waals surface area contributed by atoms with Crippen molar-refractivity contribution in [3.63, 3.8) is 0 Å². The van der Waals surface area contributed by atoms with Gasteiger partial charge in [0, 0.05) is 12.5 Å². The zero-order chi connectivity index (χ0) is 16.2. The van der Waals surface area contributed by atoms with E-state index in [0.29, 0.717) is 12.5 Å². The van der Waals surface area contributed by atoms with Crippen molar-refractivity contribution < 1.29 is 5.11 Å². The van der Waals surface area contributed by atoms with Gasteiger partial charge in [-0.25, -0.2) is 0 Å². The first-order valence-electron chi connectivity index (χ1n) is 7.95. The molecule has 2 aromatic heterocycles. The number of benzene rings is 1. The summed E-state index contributed by atoms with van der Waals surface area (Å²) in [4.78, 5) is 0. The third-order valence-corrected chi connectivity index (χ3v) is 3.96. The lowest BCUT2D eigenvalue weighted by Crippen LogP contribution is -2.18. The molecule has 0 spiro atoms. The van der Waals surface area contributed by atoms with Gasteiger partial charge >= 0.3 is 0 Å². The van der Waals surface area contributed by atoms with E-state index in [2.05, 4.69) is 34.5 Å². The minimum absolute atomic E-state index is 0.259. The summed E-state index contributed by atoms with van der Waals surface area (Å²) in [5, 5.41) is 25.8. The molecule has 0 atom stereocenters. The quantitative estimate of drug-likeness (QED) is 0.732. The first-order valence-corrected chi connectivity index (χ1v) is 7.95. The molecular weight excluding hydrogens is 290 g/mol. The van der Waals surface area contributed by atoms with Gasteiger partial charge in [-0.15, -0.1) is 15.3 Å². The zero-order valence-corrected chi connectivity index (χ0v) is 13.4. The van der Waals surface area contributed by atoms with Gasteiger partial charge in [0.15, 0.2) is 11.5 Å². The Morgan fingerprint density at radius 1 is 1.04 bits per heavy atom. The van der Waals surface area contributed by atoms with Gasteiger partial charge in [0.2, 0.25) is 0 Å². The molecule has 3 aromatic rings. The average Bonchev–Trinajstić information content (AvgIpc) is 2.97. The van der Waals surface area contributed by atoms with E-state index in [1.807, 2.05) is 24.3 Å². The normalized spacial score (nSPS) is 11.3. The second kappa shape index (κ2) is 6.64. The van der Waals surface area contributed by atoms with Gasteiger partial charge in [0.05, 0.1) is 0 Å². The maximum Gasteiger partial charge on any atom is 0.178 e. The van der Waals surface area contributed by atoms with E-state index in [1.54, 1.807) is 16.6 Å². The molecule has 1 aromatic carbocycles. The number of hydrogen-bond acceptors (Lipinski definition) is 5. The molecule has 3 rings (SSSR count). The largest absolute Gasteiger partial charge is 0.508 e. The maximum atomic E-state index is 9.37. The Labute approximate surface area is 135 Å². The molecule has 0 aliphatic carbocycles. The molecule has 0 aliphatic rings. The van der Waals surface area contributed by atoms with Gasteiger partial charge in [-0.05, 0) is 42.7 Å². The van der Waals surface area contributed by atoms with Gasteiger partial charge in [0.25, 0.3) is 0 Å². The molecule has 6 heteroatoms. The molecule has 2 N–H and O–H groups in total. The topological polar surface area (TPSA) is 75.3 Å². The summed E-state index contributed by atoms with van der Waals surface area (Å²) in [6.07, 6.45) is 2.72. The van der Waals surface area contributed by atoms with Crippen LogP contribution in [0, 0.1) is 0 Å². The predicted octanol–water partition coefficient (Wildman–Crippen LogP) is 3.02. The predicted molar refractivity (Wildman–Crippen MR) is 89.7 cm³/mol. The van der Waals surface area contributed by atoms with Crippen molar-refractivity contribution in [1.29, 1.82) is 0 Å². The number of anilines is 1. The van der Waals surface area contributed by atoms with Gasteiger partial charge in [-0.2, -0.15) is 4.52 Å². The lowest BCUT2D eigenvalue weighted by atomic mass is 10.1. The molecule has 0 aliphatic heterocycles. The van der Waals surface area contributed by atoms with Crippen molar-refractivity contribution >= 4 is 11.5 Å². The molecule has 120 valence electrons. The van der Waals surface area contributed by atoms with Crippen LogP contribution in [-0.4, -0.2) is 31.0 Å². The van der Waals surface area contributed by atoms with Gasteiger partial charge < -0.3 is 10.4 Å². The van der Waals surface area contributed by atoms with E-state index in [0.717, 1.165) is 35.7 Å². The van der Waals surface area contributed by atoms with Crippen LogP contribution in [0.15, 0.2) is 36.4 Å². The van der Waals surface area contributed by atoms with Crippen molar-refractivity contribution in [1.82, 2.24) is 19.8 Å². The number of aromatic nitrogens is 4. The average molecular weight is 311 g/mol. The molecule has 0 radical (unpaired) electrons. The lowest BCUT2D eigenvalue weighted by Gasteiger charge is -2.15. The highest BCUT2D eigenvalue weighted by Gasteiger charge is 2.10. The number of aromatic hydroxyl groups is 1. The molecule has 23 heavy (non-hydrogen) atoms. The molecule has 0 saturated carbocycles. The Kier molecular flexibility index (Phi) is 4.41. The Bertz CT molecular complexity index is 777. The van der Waals surface area contributed by atoms with E-state index in [9.17, 15) is 5.11 Å². The standard InChI is InChI=1S/C17H21N5O/c1-3-13(4-2)18-15-9-10-16-19-20-17(22(16)21-15)11-12-5-7-14(23)8-6-12/h5-10,13,23H,3-4,11H2,1-2H3,(H,18,21). The van der Waals surface area contributed by atoms with Gasteiger partial charge in [0.1, 0.15) is 11.6 Å². The van der Waals surface area contributed by atoms with Crippen LogP contribution in [0.1, 0.15) is 38.1 Å². The third kappa shape index (κ3) is 3.41. The van der Waals surface area contributed by atoms with E-state index in [-0.39, 0.29) is 5.75 Å². The molecule has 0 bridgehead atoms. The number of nitrogens with one attached hydrogen (secondary N) is 1. The summed E-state index contributed by atoms with van der Waals surface area (Å²) in [7, 11) is 0. The van der Waals surface area contributed by atoms with Gasteiger partial charge in [-0.3, -0.25) is 0 Å². The Balaban J connectivity index is 1.87. The Hall–Kier alpha value is -2.63. The summed E-state index contributed by atoms with van der Waals surface area (Å²) in [5.41, 5.74) is 1.78. The van der Waals surface area contributed by atoms with Crippen LogP contribution in [0.25, 0.3) is 5.65 Å². The van der Waals surface area contributed by atoms with Crippen molar-refractivity contribution in [2.75, 3.05) is 5.32 Å². The lowest BCUT2D eigenvalue weighted by molar-refractivity contribution is 0.475. The minimum atomic E-state index is 0.259. The van der Waals surface area contributed by atoms with E-state index in [1.165, 1.54) is 0 Å².